The summed E-state index contributed by atoms with van der Waals surface area (Å²) in [7, 11) is 0. The third-order valence-electron chi connectivity index (χ3n) is 9.22. The van der Waals surface area contributed by atoms with Crippen molar-refractivity contribution in [2.45, 2.75) is 6.92 Å². The maximum Gasteiger partial charge on any atom is 0.235 e. The molecule has 3 heterocycles. The molecule has 0 aliphatic rings. The summed E-state index contributed by atoms with van der Waals surface area (Å²) >= 11 is 0. The first-order valence-electron chi connectivity index (χ1n) is 15.9. The van der Waals surface area contributed by atoms with Crippen LogP contribution >= 0.6 is 0 Å². The van der Waals surface area contributed by atoms with Gasteiger partial charge in [0.15, 0.2) is 0 Å². The van der Waals surface area contributed by atoms with E-state index >= 15 is 0 Å². The lowest BCUT2D eigenvalue weighted by Crippen LogP contribution is -2.05. The average molecular weight is 603 g/mol. The number of hydrogen-bond donors (Lipinski definition) is 0. The molecular weight excluding hydrogens is 573 g/mol. The fraction of sp³-hybridized carbons (Fsp3) is 0.0233. The monoisotopic (exact) mass is 602 g/mol. The van der Waals surface area contributed by atoms with Crippen LogP contribution in [-0.2, 0) is 0 Å². The van der Waals surface area contributed by atoms with E-state index in [2.05, 4.69) is 150 Å². The highest BCUT2D eigenvalue weighted by Crippen LogP contribution is 2.43. The molecule has 0 bridgehead atoms. The third kappa shape index (κ3) is 4.08. The molecule has 0 radical (unpaired) electrons. The van der Waals surface area contributed by atoms with Gasteiger partial charge in [0.2, 0.25) is 5.95 Å². The van der Waals surface area contributed by atoms with Gasteiger partial charge in [-0.15, -0.1) is 0 Å². The Hall–Kier alpha value is -6.26. The SMILES string of the molecule is C=C/C=C\C=C(/C)c1nc(-n2c3ccc4ccccc4c3c3ccc4c5ccccc5n(-c5ccccc5)c4c32)nc2ccccc12. The molecule has 0 spiro atoms. The summed E-state index contributed by atoms with van der Waals surface area (Å²) in [6, 6.07) is 45.3. The van der Waals surface area contributed by atoms with Gasteiger partial charge in [-0.05, 0) is 53.6 Å². The minimum absolute atomic E-state index is 0.645. The van der Waals surface area contributed by atoms with Gasteiger partial charge in [-0.25, -0.2) is 9.97 Å². The van der Waals surface area contributed by atoms with Crippen LogP contribution < -0.4 is 0 Å². The Morgan fingerprint density at radius 3 is 2.13 bits per heavy atom. The van der Waals surface area contributed by atoms with Crippen LogP contribution in [0.5, 0.6) is 0 Å². The molecule has 6 aromatic carbocycles. The molecule has 47 heavy (non-hydrogen) atoms. The predicted molar refractivity (Wildman–Crippen MR) is 199 cm³/mol. The van der Waals surface area contributed by atoms with Crippen molar-refractivity contribution < 1.29 is 0 Å². The van der Waals surface area contributed by atoms with Crippen LogP contribution in [-0.4, -0.2) is 19.1 Å². The van der Waals surface area contributed by atoms with Crippen molar-refractivity contribution in [1.29, 1.82) is 0 Å². The molecule has 4 heteroatoms. The van der Waals surface area contributed by atoms with E-state index in [0.717, 1.165) is 49.9 Å². The fourth-order valence-electron chi connectivity index (χ4n) is 7.19. The van der Waals surface area contributed by atoms with E-state index in [-0.39, 0.29) is 0 Å². The molecule has 0 fully saturated rings. The first-order chi connectivity index (χ1) is 23.2. The van der Waals surface area contributed by atoms with Crippen LogP contribution in [0.15, 0.2) is 158 Å². The van der Waals surface area contributed by atoms with E-state index in [4.69, 9.17) is 9.97 Å². The van der Waals surface area contributed by atoms with Crippen molar-refractivity contribution in [2.75, 3.05) is 0 Å². The molecule has 9 rings (SSSR count). The molecule has 0 aliphatic carbocycles. The summed E-state index contributed by atoms with van der Waals surface area (Å²) < 4.78 is 4.69. The third-order valence-corrected chi connectivity index (χ3v) is 9.22. The first kappa shape index (κ1) is 27.1. The minimum atomic E-state index is 0.645. The predicted octanol–water partition coefficient (Wildman–Crippen LogP) is 11.1. The molecule has 222 valence electrons. The molecule has 0 saturated heterocycles. The second kappa shape index (κ2) is 10.7. The summed E-state index contributed by atoms with van der Waals surface area (Å²) in [6.07, 6.45) is 7.82. The summed E-state index contributed by atoms with van der Waals surface area (Å²) in [5, 5.41) is 8.21. The number of rotatable bonds is 5. The van der Waals surface area contributed by atoms with E-state index in [1.807, 2.05) is 18.2 Å². The van der Waals surface area contributed by atoms with Crippen LogP contribution in [0.4, 0.5) is 0 Å². The Labute approximate surface area is 271 Å². The summed E-state index contributed by atoms with van der Waals surface area (Å²) in [5.41, 5.74) is 8.43. The van der Waals surface area contributed by atoms with Crippen LogP contribution in [0.25, 0.3) is 82.5 Å². The second-order valence-corrected chi connectivity index (χ2v) is 11.9. The van der Waals surface area contributed by atoms with Crippen molar-refractivity contribution >= 4 is 70.9 Å². The quantitative estimate of drug-likeness (QED) is 0.184. The standard InChI is InChI=1S/C43H30N4/c1-3-4-6-15-28(2)40-34-21-11-13-22-36(34)44-43(45-40)47-38-27-24-29-16-9-10-19-31(29)39(38)35-26-25-33-32-20-12-14-23-37(32)46(41(33)42(35)47)30-17-7-5-8-18-30/h3-27H,1H2,2H3/b6-4-,28-15+. The van der Waals surface area contributed by atoms with Gasteiger partial charge in [0.25, 0.3) is 0 Å². The largest absolute Gasteiger partial charge is 0.307 e. The Balaban J connectivity index is 1.52. The molecule has 0 amide bonds. The van der Waals surface area contributed by atoms with E-state index in [9.17, 15) is 0 Å². The summed E-state index contributed by atoms with van der Waals surface area (Å²) in [5.74, 6) is 0.645. The Kier molecular flexibility index (Phi) is 6.15. The lowest BCUT2D eigenvalue weighted by atomic mass is 10.0. The van der Waals surface area contributed by atoms with Crippen LogP contribution in [0.3, 0.4) is 0 Å². The number of fused-ring (bicyclic) bond motifs is 10. The van der Waals surface area contributed by atoms with E-state index in [0.29, 0.717) is 5.95 Å². The number of benzene rings is 6. The number of hydrogen-bond acceptors (Lipinski definition) is 2. The van der Waals surface area contributed by atoms with Crippen molar-refractivity contribution in [3.8, 4) is 11.6 Å². The minimum Gasteiger partial charge on any atom is -0.307 e. The maximum atomic E-state index is 5.38. The smallest absolute Gasteiger partial charge is 0.235 e. The highest BCUT2D eigenvalue weighted by atomic mass is 15.2. The van der Waals surface area contributed by atoms with Gasteiger partial charge in [0.1, 0.15) is 0 Å². The molecule has 3 aromatic heterocycles. The molecule has 0 atom stereocenters. The number of aromatic nitrogens is 4. The Morgan fingerprint density at radius 2 is 1.28 bits per heavy atom. The van der Waals surface area contributed by atoms with Crippen molar-refractivity contribution in [1.82, 2.24) is 19.1 Å². The first-order valence-corrected chi connectivity index (χ1v) is 15.9. The summed E-state index contributed by atoms with van der Waals surface area (Å²) in [4.78, 5) is 10.7. The fourth-order valence-corrected chi connectivity index (χ4v) is 7.19. The highest BCUT2D eigenvalue weighted by Gasteiger charge is 2.24. The molecule has 4 nitrogen and oxygen atoms in total. The van der Waals surface area contributed by atoms with Gasteiger partial charge < -0.3 is 4.57 Å². The van der Waals surface area contributed by atoms with Crippen LogP contribution in [0.2, 0.25) is 0 Å². The Bertz CT molecular complexity index is 2760. The zero-order valence-electron chi connectivity index (χ0n) is 25.9. The lowest BCUT2D eigenvalue weighted by molar-refractivity contribution is 1.00. The van der Waals surface area contributed by atoms with Crippen LogP contribution in [0.1, 0.15) is 12.6 Å². The number of allylic oxidation sites excluding steroid dienone is 5. The van der Waals surface area contributed by atoms with Gasteiger partial charge in [0, 0.05) is 32.6 Å². The zero-order valence-corrected chi connectivity index (χ0v) is 25.9. The maximum absolute atomic E-state index is 5.38. The highest BCUT2D eigenvalue weighted by molar-refractivity contribution is 6.28. The average Bonchev–Trinajstić information content (AvgIpc) is 3.65. The van der Waals surface area contributed by atoms with Gasteiger partial charge in [-0.1, -0.05) is 128 Å². The lowest BCUT2D eigenvalue weighted by Gasteiger charge is -2.14. The molecule has 0 N–H and O–H groups in total. The molecular formula is C43H30N4. The number of nitrogens with zero attached hydrogens (tertiary/aromatic N) is 4. The topological polar surface area (TPSA) is 35.6 Å². The van der Waals surface area contributed by atoms with Gasteiger partial charge in [-0.2, -0.15) is 0 Å². The van der Waals surface area contributed by atoms with Gasteiger partial charge in [-0.3, -0.25) is 4.57 Å². The molecule has 0 aliphatic heterocycles. The van der Waals surface area contributed by atoms with Crippen molar-refractivity contribution in [3.63, 3.8) is 0 Å². The van der Waals surface area contributed by atoms with E-state index in [1.165, 1.54) is 32.3 Å². The zero-order chi connectivity index (χ0) is 31.5. The van der Waals surface area contributed by atoms with E-state index < -0.39 is 0 Å². The Morgan fingerprint density at radius 1 is 0.574 bits per heavy atom. The molecule has 0 unspecified atom stereocenters. The second-order valence-electron chi connectivity index (χ2n) is 11.9. The van der Waals surface area contributed by atoms with E-state index in [1.54, 1.807) is 6.08 Å². The number of para-hydroxylation sites is 3. The van der Waals surface area contributed by atoms with Crippen molar-refractivity contribution in [3.05, 3.63) is 164 Å². The van der Waals surface area contributed by atoms with Gasteiger partial charge >= 0.3 is 0 Å². The summed E-state index contributed by atoms with van der Waals surface area (Å²) in [6.45, 7) is 5.94. The van der Waals surface area contributed by atoms with Crippen molar-refractivity contribution in [2.24, 2.45) is 0 Å². The normalized spacial score (nSPS) is 12.5. The molecule has 0 saturated carbocycles. The van der Waals surface area contributed by atoms with Crippen LogP contribution in [0, 0.1) is 0 Å². The molecule has 9 aromatic rings. The van der Waals surface area contributed by atoms with Gasteiger partial charge in [0.05, 0.1) is 33.3 Å².